The van der Waals surface area contributed by atoms with Gasteiger partial charge < -0.3 is 10.4 Å². The Morgan fingerprint density at radius 2 is 1.68 bits per heavy atom. The monoisotopic (exact) mass is 415 g/mol. The van der Waals surface area contributed by atoms with E-state index in [2.05, 4.69) is 10.4 Å². The van der Waals surface area contributed by atoms with Crippen molar-refractivity contribution in [2.24, 2.45) is 0 Å². The predicted molar refractivity (Wildman–Crippen MR) is 115 cm³/mol. The summed E-state index contributed by atoms with van der Waals surface area (Å²) in [7, 11) is 0. The van der Waals surface area contributed by atoms with E-state index < -0.39 is 5.97 Å². The Kier molecular flexibility index (Phi) is 5.89. The minimum Gasteiger partial charge on any atom is -0.477 e. The summed E-state index contributed by atoms with van der Waals surface area (Å²) in [6, 6.07) is 21.0. The Balaban J connectivity index is 1.48. The predicted octanol–water partition coefficient (Wildman–Crippen LogP) is 3.14. The fourth-order valence-electron chi connectivity index (χ4n) is 3.27. The van der Waals surface area contributed by atoms with Crippen molar-refractivity contribution in [3.63, 3.8) is 0 Å². The number of nitrogens with zero attached hydrogens (tertiary/aromatic N) is 4. The highest BCUT2D eigenvalue weighted by molar-refractivity contribution is 5.85. The Morgan fingerprint density at radius 1 is 0.968 bits per heavy atom. The molecule has 0 spiro atoms. The zero-order valence-corrected chi connectivity index (χ0v) is 16.7. The van der Waals surface area contributed by atoms with Crippen LogP contribution in [0, 0.1) is 0 Å². The normalized spacial score (nSPS) is 10.7. The van der Waals surface area contributed by atoms with E-state index in [9.17, 15) is 9.59 Å². The first-order valence-corrected chi connectivity index (χ1v) is 9.83. The summed E-state index contributed by atoms with van der Waals surface area (Å²) in [5, 5.41) is 20.7. The molecule has 31 heavy (non-hydrogen) atoms. The number of aromatic carboxylic acids is 1. The van der Waals surface area contributed by atoms with Crippen molar-refractivity contribution in [3.05, 3.63) is 90.4 Å². The molecule has 0 saturated heterocycles. The summed E-state index contributed by atoms with van der Waals surface area (Å²) < 4.78 is 3.11. The summed E-state index contributed by atoms with van der Waals surface area (Å²) in [6.07, 6.45) is 3.44. The number of nitrogens with one attached hydrogen (secondary N) is 1. The van der Waals surface area contributed by atoms with Crippen molar-refractivity contribution in [1.82, 2.24) is 24.9 Å². The van der Waals surface area contributed by atoms with Crippen LogP contribution in [0.2, 0.25) is 0 Å². The molecule has 2 heterocycles. The van der Waals surface area contributed by atoms with Gasteiger partial charge in [-0.2, -0.15) is 10.2 Å². The molecule has 0 aliphatic heterocycles. The van der Waals surface area contributed by atoms with Crippen LogP contribution in [0.4, 0.5) is 0 Å². The lowest BCUT2D eigenvalue weighted by atomic mass is 10.1. The summed E-state index contributed by atoms with van der Waals surface area (Å²) in [5.41, 5.74) is 3.63. The molecule has 1 amide bonds. The van der Waals surface area contributed by atoms with Gasteiger partial charge in [0.2, 0.25) is 5.91 Å². The Morgan fingerprint density at radius 3 is 2.39 bits per heavy atom. The largest absolute Gasteiger partial charge is 0.477 e. The molecule has 2 N–H and O–H groups in total. The molecule has 0 atom stereocenters. The van der Waals surface area contributed by atoms with Crippen molar-refractivity contribution in [2.75, 3.05) is 0 Å². The second-order valence-electron chi connectivity index (χ2n) is 6.92. The molecule has 0 aliphatic carbocycles. The van der Waals surface area contributed by atoms with Crippen LogP contribution in [0.25, 0.3) is 16.9 Å². The highest BCUT2D eigenvalue weighted by Gasteiger charge is 2.14. The van der Waals surface area contributed by atoms with Gasteiger partial charge in [0.1, 0.15) is 5.69 Å². The number of hydrogen-bond donors (Lipinski definition) is 2. The standard InChI is InChI=1S/C23H21N5O3/c29-21(12-14-27-20(23(30)31)11-13-25-27)24-15-18-16-28(19-9-5-2-6-10-19)26-22(18)17-7-3-1-4-8-17/h1-11,13,16H,12,14-15H2,(H,24,29)(H,30,31). The molecule has 156 valence electrons. The van der Waals surface area contributed by atoms with Gasteiger partial charge in [-0.15, -0.1) is 0 Å². The molecule has 0 saturated carbocycles. The zero-order valence-electron chi connectivity index (χ0n) is 16.7. The van der Waals surface area contributed by atoms with Gasteiger partial charge in [0.25, 0.3) is 0 Å². The third-order valence-corrected chi connectivity index (χ3v) is 4.82. The van der Waals surface area contributed by atoms with E-state index in [4.69, 9.17) is 10.2 Å². The Bertz CT molecular complexity index is 1180. The fraction of sp³-hybridized carbons (Fsp3) is 0.130. The van der Waals surface area contributed by atoms with Gasteiger partial charge in [-0.05, 0) is 18.2 Å². The molecule has 2 aromatic carbocycles. The van der Waals surface area contributed by atoms with Crippen molar-refractivity contribution < 1.29 is 14.7 Å². The van der Waals surface area contributed by atoms with Crippen LogP contribution in [0.5, 0.6) is 0 Å². The van der Waals surface area contributed by atoms with Gasteiger partial charge in [0, 0.05) is 36.5 Å². The maximum atomic E-state index is 12.4. The molecule has 0 aliphatic rings. The number of carboxylic acids is 1. The number of aromatic nitrogens is 4. The summed E-state index contributed by atoms with van der Waals surface area (Å²) in [4.78, 5) is 23.5. The number of benzene rings is 2. The highest BCUT2D eigenvalue weighted by Crippen LogP contribution is 2.23. The molecule has 4 aromatic rings. The van der Waals surface area contributed by atoms with Crippen LogP contribution in [-0.4, -0.2) is 36.5 Å². The maximum absolute atomic E-state index is 12.4. The quantitative estimate of drug-likeness (QED) is 0.460. The second kappa shape index (κ2) is 9.08. The van der Waals surface area contributed by atoms with Gasteiger partial charge in [0.05, 0.1) is 17.9 Å². The van der Waals surface area contributed by atoms with Gasteiger partial charge in [-0.3, -0.25) is 9.48 Å². The first-order valence-electron chi connectivity index (χ1n) is 9.83. The molecule has 0 fully saturated rings. The van der Waals surface area contributed by atoms with Gasteiger partial charge in [0.15, 0.2) is 0 Å². The van der Waals surface area contributed by atoms with Crippen molar-refractivity contribution in [1.29, 1.82) is 0 Å². The summed E-state index contributed by atoms with van der Waals surface area (Å²) >= 11 is 0. The minimum atomic E-state index is -1.07. The first kappa shape index (κ1) is 20.1. The summed E-state index contributed by atoms with van der Waals surface area (Å²) in [5.74, 6) is -1.27. The zero-order chi connectivity index (χ0) is 21.6. The van der Waals surface area contributed by atoms with E-state index in [0.29, 0.717) is 6.54 Å². The van der Waals surface area contributed by atoms with Gasteiger partial charge in [-0.25, -0.2) is 9.48 Å². The SMILES string of the molecule is O=C(CCn1nccc1C(=O)O)NCc1cn(-c2ccccc2)nc1-c1ccccc1. The van der Waals surface area contributed by atoms with Crippen LogP contribution >= 0.6 is 0 Å². The average molecular weight is 415 g/mol. The Hall–Kier alpha value is -4.20. The third-order valence-electron chi connectivity index (χ3n) is 4.82. The van der Waals surface area contributed by atoms with E-state index in [1.54, 1.807) is 4.68 Å². The molecule has 8 nitrogen and oxygen atoms in total. The third kappa shape index (κ3) is 4.69. The number of carboxylic acid groups (broad SMARTS) is 1. The molecule has 2 aromatic heterocycles. The van der Waals surface area contributed by atoms with Crippen LogP contribution in [0.3, 0.4) is 0 Å². The van der Waals surface area contributed by atoms with E-state index in [-0.39, 0.29) is 24.6 Å². The topological polar surface area (TPSA) is 102 Å². The molecule has 0 unspecified atom stereocenters. The van der Waals surface area contributed by atoms with Crippen LogP contribution in [0.15, 0.2) is 79.1 Å². The Labute approximate surface area is 178 Å². The van der Waals surface area contributed by atoms with Crippen LogP contribution in [-0.2, 0) is 17.9 Å². The van der Waals surface area contributed by atoms with E-state index in [0.717, 1.165) is 22.5 Å². The second-order valence-corrected chi connectivity index (χ2v) is 6.92. The van der Waals surface area contributed by atoms with Crippen molar-refractivity contribution in [2.45, 2.75) is 19.5 Å². The van der Waals surface area contributed by atoms with E-state index >= 15 is 0 Å². The number of carbonyl (C=O) groups excluding carboxylic acids is 1. The van der Waals surface area contributed by atoms with Crippen LogP contribution in [0.1, 0.15) is 22.5 Å². The summed E-state index contributed by atoms with van der Waals surface area (Å²) in [6.45, 7) is 0.496. The molecule has 4 rings (SSSR count). The number of amides is 1. The molecule has 0 bridgehead atoms. The lowest BCUT2D eigenvalue weighted by Gasteiger charge is -2.07. The van der Waals surface area contributed by atoms with Gasteiger partial charge >= 0.3 is 5.97 Å². The van der Waals surface area contributed by atoms with Gasteiger partial charge in [-0.1, -0.05) is 48.5 Å². The minimum absolute atomic E-state index is 0.0586. The number of hydrogen-bond acceptors (Lipinski definition) is 4. The van der Waals surface area contributed by atoms with E-state index in [1.807, 2.05) is 66.9 Å². The molecule has 8 heteroatoms. The number of para-hydroxylation sites is 1. The number of carbonyl (C=O) groups is 2. The fourth-order valence-corrected chi connectivity index (χ4v) is 3.27. The molecular formula is C23H21N5O3. The van der Waals surface area contributed by atoms with Crippen LogP contribution < -0.4 is 5.32 Å². The lowest BCUT2D eigenvalue weighted by molar-refractivity contribution is -0.121. The highest BCUT2D eigenvalue weighted by atomic mass is 16.4. The van der Waals surface area contributed by atoms with Crippen molar-refractivity contribution in [3.8, 4) is 16.9 Å². The number of rotatable bonds is 8. The molecule has 0 radical (unpaired) electrons. The van der Waals surface area contributed by atoms with E-state index in [1.165, 1.54) is 16.9 Å². The molecular weight excluding hydrogens is 394 g/mol. The first-order chi connectivity index (χ1) is 15.1. The average Bonchev–Trinajstić information content (AvgIpc) is 3.45. The maximum Gasteiger partial charge on any atom is 0.354 e. The smallest absolute Gasteiger partial charge is 0.354 e. The lowest BCUT2D eigenvalue weighted by Crippen LogP contribution is -2.25. The number of aryl methyl sites for hydroxylation is 1. The van der Waals surface area contributed by atoms with Crippen molar-refractivity contribution >= 4 is 11.9 Å².